The van der Waals surface area contributed by atoms with E-state index in [1.54, 1.807) is 0 Å². The Balaban J connectivity index is 1.98. The molecule has 0 heterocycles. The van der Waals surface area contributed by atoms with E-state index in [9.17, 15) is 0 Å². The van der Waals surface area contributed by atoms with Crippen molar-refractivity contribution in [1.82, 2.24) is 5.32 Å². The van der Waals surface area contributed by atoms with Gasteiger partial charge in [0.15, 0.2) is 0 Å². The summed E-state index contributed by atoms with van der Waals surface area (Å²) in [6.07, 6.45) is 0. The predicted molar refractivity (Wildman–Crippen MR) is 82.9 cm³/mol. The molecule has 0 aliphatic heterocycles. The third kappa shape index (κ3) is 3.97. The Hall–Kier alpha value is -1.02. The van der Waals surface area contributed by atoms with E-state index in [0.717, 1.165) is 22.2 Å². The van der Waals surface area contributed by atoms with Crippen LogP contribution in [-0.2, 0) is 6.54 Å². The summed E-state index contributed by atoms with van der Waals surface area (Å²) in [6, 6.07) is 14.4. The maximum atomic E-state index is 6.12. The Kier molecular flexibility index (Phi) is 4.87. The minimum absolute atomic E-state index is 0.275. The highest BCUT2D eigenvalue weighted by Gasteiger charge is 2.05. The van der Waals surface area contributed by atoms with Gasteiger partial charge in [-0.2, -0.15) is 0 Å². The Morgan fingerprint density at radius 2 is 1.74 bits per heavy atom. The zero-order valence-electron chi connectivity index (χ0n) is 11.1. The van der Waals surface area contributed by atoms with E-state index in [0.29, 0.717) is 0 Å². The van der Waals surface area contributed by atoms with E-state index in [1.807, 2.05) is 43.3 Å². The van der Waals surface area contributed by atoms with E-state index >= 15 is 0 Å². The van der Waals surface area contributed by atoms with Crippen molar-refractivity contribution in [2.75, 3.05) is 0 Å². The molecule has 19 heavy (non-hydrogen) atoms. The van der Waals surface area contributed by atoms with Gasteiger partial charge in [-0.1, -0.05) is 47.5 Å². The molecule has 2 rings (SSSR count). The summed E-state index contributed by atoms with van der Waals surface area (Å²) in [6.45, 7) is 4.94. The molecule has 0 bridgehead atoms. The summed E-state index contributed by atoms with van der Waals surface area (Å²) in [4.78, 5) is 0. The van der Waals surface area contributed by atoms with Gasteiger partial charge in [0.1, 0.15) is 0 Å². The van der Waals surface area contributed by atoms with E-state index in [1.165, 1.54) is 11.1 Å². The quantitative estimate of drug-likeness (QED) is 0.822. The van der Waals surface area contributed by atoms with Gasteiger partial charge in [-0.3, -0.25) is 0 Å². The van der Waals surface area contributed by atoms with E-state index < -0.39 is 0 Å². The average molecular weight is 294 g/mol. The molecule has 100 valence electrons. The summed E-state index contributed by atoms with van der Waals surface area (Å²) >= 11 is 12.0. The highest BCUT2D eigenvalue weighted by atomic mass is 35.5. The highest BCUT2D eigenvalue weighted by molar-refractivity contribution is 6.31. The molecule has 0 radical (unpaired) electrons. The van der Waals surface area contributed by atoms with Crippen molar-refractivity contribution in [3.8, 4) is 0 Å². The first-order chi connectivity index (χ1) is 9.06. The van der Waals surface area contributed by atoms with Crippen molar-refractivity contribution in [1.29, 1.82) is 0 Å². The normalized spacial score (nSPS) is 12.4. The first kappa shape index (κ1) is 14.4. The van der Waals surface area contributed by atoms with Gasteiger partial charge in [-0.05, 0) is 48.7 Å². The molecule has 0 saturated heterocycles. The van der Waals surface area contributed by atoms with Gasteiger partial charge in [0.25, 0.3) is 0 Å². The van der Waals surface area contributed by atoms with Crippen LogP contribution in [0.4, 0.5) is 0 Å². The molecule has 0 unspecified atom stereocenters. The lowest BCUT2D eigenvalue weighted by Gasteiger charge is -2.15. The topological polar surface area (TPSA) is 12.0 Å². The van der Waals surface area contributed by atoms with Gasteiger partial charge in [0, 0.05) is 22.6 Å². The standard InChI is InChI=1S/C16H17Cl2N/c1-11-3-4-13(9-16(11)18)10-19-12(2)14-5-7-15(17)8-6-14/h3-9,12,19H,10H2,1-2H3/t12-/m0/s1. The lowest BCUT2D eigenvalue weighted by Crippen LogP contribution is -2.18. The van der Waals surface area contributed by atoms with Gasteiger partial charge >= 0.3 is 0 Å². The molecule has 1 nitrogen and oxygen atoms in total. The Morgan fingerprint density at radius 1 is 1.05 bits per heavy atom. The monoisotopic (exact) mass is 293 g/mol. The number of nitrogens with one attached hydrogen (secondary N) is 1. The SMILES string of the molecule is Cc1ccc(CN[C@@H](C)c2ccc(Cl)cc2)cc1Cl. The van der Waals surface area contributed by atoms with Crippen LogP contribution in [0.3, 0.4) is 0 Å². The van der Waals surface area contributed by atoms with E-state index in [4.69, 9.17) is 23.2 Å². The van der Waals surface area contributed by atoms with E-state index in [2.05, 4.69) is 18.3 Å². The highest BCUT2D eigenvalue weighted by Crippen LogP contribution is 2.19. The van der Waals surface area contributed by atoms with Crippen LogP contribution in [0.5, 0.6) is 0 Å². The largest absolute Gasteiger partial charge is 0.306 e. The second kappa shape index (κ2) is 6.42. The molecule has 0 aromatic heterocycles. The number of halogens is 2. The third-order valence-corrected chi connectivity index (χ3v) is 3.88. The van der Waals surface area contributed by atoms with Crippen LogP contribution >= 0.6 is 23.2 Å². The fraction of sp³-hybridized carbons (Fsp3) is 0.250. The molecule has 0 saturated carbocycles. The van der Waals surface area contributed by atoms with Crippen molar-refractivity contribution < 1.29 is 0 Å². The minimum Gasteiger partial charge on any atom is -0.306 e. The van der Waals surface area contributed by atoms with Gasteiger partial charge in [-0.15, -0.1) is 0 Å². The van der Waals surface area contributed by atoms with Crippen molar-refractivity contribution in [2.45, 2.75) is 26.4 Å². The smallest absolute Gasteiger partial charge is 0.0438 e. The van der Waals surface area contributed by atoms with Crippen molar-refractivity contribution in [3.63, 3.8) is 0 Å². The molecule has 3 heteroatoms. The molecule has 0 amide bonds. The Bertz CT molecular complexity index is 549. The fourth-order valence-electron chi connectivity index (χ4n) is 1.89. The Morgan fingerprint density at radius 3 is 2.37 bits per heavy atom. The van der Waals surface area contributed by atoms with Crippen LogP contribution in [0.2, 0.25) is 10.0 Å². The number of hydrogen-bond acceptors (Lipinski definition) is 1. The molecule has 1 N–H and O–H groups in total. The third-order valence-electron chi connectivity index (χ3n) is 3.22. The molecule has 0 aliphatic rings. The van der Waals surface area contributed by atoms with Crippen molar-refractivity contribution in [2.24, 2.45) is 0 Å². The second-order valence-corrected chi connectivity index (χ2v) is 5.58. The summed E-state index contributed by atoms with van der Waals surface area (Å²) in [5.74, 6) is 0. The summed E-state index contributed by atoms with van der Waals surface area (Å²) < 4.78 is 0. The predicted octanol–water partition coefficient (Wildman–Crippen LogP) is 5.15. The van der Waals surface area contributed by atoms with Crippen LogP contribution in [0.15, 0.2) is 42.5 Å². The molecule has 0 spiro atoms. The van der Waals surface area contributed by atoms with Crippen molar-refractivity contribution >= 4 is 23.2 Å². The summed E-state index contributed by atoms with van der Waals surface area (Å²) in [5.41, 5.74) is 3.52. The van der Waals surface area contributed by atoms with Crippen LogP contribution in [-0.4, -0.2) is 0 Å². The molecule has 0 fully saturated rings. The zero-order chi connectivity index (χ0) is 13.8. The van der Waals surface area contributed by atoms with Crippen LogP contribution in [0.1, 0.15) is 29.7 Å². The number of rotatable bonds is 4. The van der Waals surface area contributed by atoms with Crippen molar-refractivity contribution in [3.05, 3.63) is 69.2 Å². The van der Waals surface area contributed by atoms with Gasteiger partial charge in [0.2, 0.25) is 0 Å². The maximum Gasteiger partial charge on any atom is 0.0438 e. The lowest BCUT2D eigenvalue weighted by molar-refractivity contribution is 0.575. The zero-order valence-corrected chi connectivity index (χ0v) is 12.6. The first-order valence-electron chi connectivity index (χ1n) is 6.30. The lowest BCUT2D eigenvalue weighted by atomic mass is 10.1. The molecule has 0 aliphatic carbocycles. The van der Waals surface area contributed by atoms with Gasteiger partial charge in [-0.25, -0.2) is 0 Å². The molecule has 1 atom stereocenters. The first-order valence-corrected chi connectivity index (χ1v) is 7.06. The Labute approximate surface area is 124 Å². The van der Waals surface area contributed by atoms with E-state index in [-0.39, 0.29) is 6.04 Å². The fourth-order valence-corrected chi connectivity index (χ4v) is 2.22. The molecule has 2 aromatic carbocycles. The maximum absolute atomic E-state index is 6.12. The van der Waals surface area contributed by atoms with Gasteiger partial charge in [0.05, 0.1) is 0 Å². The number of benzene rings is 2. The summed E-state index contributed by atoms with van der Waals surface area (Å²) in [5, 5.41) is 5.06. The number of hydrogen-bond donors (Lipinski definition) is 1. The second-order valence-electron chi connectivity index (χ2n) is 4.74. The molecular formula is C16H17Cl2N. The molecular weight excluding hydrogens is 277 g/mol. The average Bonchev–Trinajstić information content (AvgIpc) is 2.40. The van der Waals surface area contributed by atoms with Crippen LogP contribution in [0.25, 0.3) is 0 Å². The van der Waals surface area contributed by atoms with Crippen LogP contribution in [0, 0.1) is 6.92 Å². The van der Waals surface area contributed by atoms with Gasteiger partial charge < -0.3 is 5.32 Å². The summed E-state index contributed by atoms with van der Waals surface area (Å²) in [7, 11) is 0. The van der Waals surface area contributed by atoms with Crippen LogP contribution < -0.4 is 5.32 Å². The number of aryl methyl sites for hydroxylation is 1. The minimum atomic E-state index is 0.275. The molecule has 2 aromatic rings.